The van der Waals surface area contributed by atoms with Crippen molar-refractivity contribution in [3.8, 4) is 0 Å². The van der Waals surface area contributed by atoms with Gasteiger partial charge in [0.2, 0.25) is 0 Å². The molecule has 0 heterocycles. The summed E-state index contributed by atoms with van der Waals surface area (Å²) in [5.74, 6) is -1.87. The average Bonchev–Trinajstić information content (AvgIpc) is 2.30. The molecule has 0 radical (unpaired) electrons. The molecule has 1 saturated carbocycles. The van der Waals surface area contributed by atoms with Gasteiger partial charge < -0.3 is 20.4 Å². The first-order chi connectivity index (χ1) is 9.11. The minimum absolute atomic E-state index is 0.0833. The highest BCUT2D eigenvalue weighted by atomic mass is 16.4. The minimum Gasteiger partial charge on any atom is -0.478 e. The average molecular weight is 288 g/mol. The standard InChI is InChI=1S/C6H12O2.2C4H6O2/c7-4-6(5-8)2-1-3-6;2*1-3(2)4(5)6/h7-8H,1-5H2;2*1H2,2H3,(H,5,6). The lowest BCUT2D eigenvalue weighted by atomic mass is 9.70. The Hall–Kier alpha value is -1.66. The number of carboxylic acids is 2. The molecule has 0 amide bonds. The first kappa shape index (κ1) is 20.7. The Labute approximate surface area is 119 Å². The van der Waals surface area contributed by atoms with E-state index >= 15 is 0 Å². The Kier molecular flexibility index (Phi) is 10.5. The normalized spacial score (nSPS) is 14.4. The van der Waals surface area contributed by atoms with E-state index in [2.05, 4.69) is 13.2 Å². The molecule has 0 bridgehead atoms. The molecule has 0 atom stereocenters. The van der Waals surface area contributed by atoms with Crippen molar-refractivity contribution in [1.29, 1.82) is 0 Å². The van der Waals surface area contributed by atoms with Crippen LogP contribution in [0.15, 0.2) is 24.3 Å². The first-order valence-corrected chi connectivity index (χ1v) is 6.11. The zero-order chi connectivity index (χ0) is 16.3. The highest BCUT2D eigenvalue weighted by Gasteiger charge is 2.35. The molecule has 0 aromatic heterocycles. The first-order valence-electron chi connectivity index (χ1n) is 6.11. The van der Waals surface area contributed by atoms with Gasteiger partial charge in [0, 0.05) is 16.6 Å². The SMILES string of the molecule is C=C(C)C(=O)O.C=C(C)C(=O)O.OCC1(CO)CCC1. The van der Waals surface area contributed by atoms with Gasteiger partial charge in [-0.15, -0.1) is 0 Å². The molecule has 1 fully saturated rings. The highest BCUT2D eigenvalue weighted by molar-refractivity contribution is 5.85. The van der Waals surface area contributed by atoms with Gasteiger partial charge in [-0.3, -0.25) is 0 Å². The summed E-state index contributed by atoms with van der Waals surface area (Å²) in [6, 6.07) is 0. The third-order valence-electron chi connectivity index (χ3n) is 2.82. The van der Waals surface area contributed by atoms with E-state index in [0.717, 1.165) is 12.8 Å². The Morgan fingerprint density at radius 2 is 1.20 bits per heavy atom. The fourth-order valence-corrected chi connectivity index (χ4v) is 1.04. The molecule has 6 heteroatoms. The van der Waals surface area contributed by atoms with E-state index in [4.69, 9.17) is 20.4 Å². The lowest BCUT2D eigenvalue weighted by molar-refractivity contribution is -0.133. The van der Waals surface area contributed by atoms with Crippen LogP contribution >= 0.6 is 0 Å². The molecule has 6 nitrogen and oxygen atoms in total. The van der Waals surface area contributed by atoms with Crippen LogP contribution in [0.4, 0.5) is 0 Å². The smallest absolute Gasteiger partial charge is 0.330 e. The second-order valence-electron chi connectivity index (χ2n) is 4.84. The number of hydrogen-bond donors (Lipinski definition) is 4. The summed E-state index contributed by atoms with van der Waals surface area (Å²) in [6.07, 6.45) is 3.17. The van der Waals surface area contributed by atoms with Crippen molar-refractivity contribution in [3.05, 3.63) is 24.3 Å². The number of aliphatic carboxylic acids is 2. The fourth-order valence-electron chi connectivity index (χ4n) is 1.04. The molecule has 0 saturated heterocycles. The summed E-state index contributed by atoms with van der Waals surface area (Å²) in [6.45, 7) is 9.52. The summed E-state index contributed by atoms with van der Waals surface area (Å²) in [5, 5.41) is 33.1. The van der Waals surface area contributed by atoms with E-state index in [0.29, 0.717) is 0 Å². The Bertz CT molecular complexity index is 293. The van der Waals surface area contributed by atoms with Crippen LogP contribution in [-0.4, -0.2) is 45.6 Å². The molecular formula is C14H24O6. The number of carboxylic acid groups (broad SMARTS) is 2. The van der Waals surface area contributed by atoms with Gasteiger partial charge in [-0.1, -0.05) is 19.6 Å². The van der Waals surface area contributed by atoms with Crippen LogP contribution in [0.2, 0.25) is 0 Å². The Morgan fingerprint density at radius 1 is 0.950 bits per heavy atom. The lowest BCUT2D eigenvalue weighted by Gasteiger charge is -2.38. The van der Waals surface area contributed by atoms with E-state index in [1.807, 2.05) is 0 Å². The third-order valence-corrected chi connectivity index (χ3v) is 2.82. The number of aliphatic hydroxyl groups excluding tert-OH is 2. The van der Waals surface area contributed by atoms with Crippen LogP contribution in [-0.2, 0) is 9.59 Å². The van der Waals surface area contributed by atoms with Crippen LogP contribution < -0.4 is 0 Å². The van der Waals surface area contributed by atoms with Gasteiger partial charge in [0.15, 0.2) is 0 Å². The van der Waals surface area contributed by atoms with Gasteiger partial charge in [-0.25, -0.2) is 9.59 Å². The van der Waals surface area contributed by atoms with Gasteiger partial charge >= 0.3 is 11.9 Å². The maximum Gasteiger partial charge on any atom is 0.330 e. The molecule has 0 unspecified atom stereocenters. The Balaban J connectivity index is 0. The van der Waals surface area contributed by atoms with Crippen LogP contribution in [0.1, 0.15) is 33.1 Å². The predicted octanol–water partition coefficient (Wildman–Crippen LogP) is 1.44. The van der Waals surface area contributed by atoms with Crippen molar-refractivity contribution < 1.29 is 30.0 Å². The fraction of sp³-hybridized carbons (Fsp3) is 0.571. The molecule has 0 aromatic carbocycles. The zero-order valence-electron chi connectivity index (χ0n) is 12.1. The summed E-state index contributed by atoms with van der Waals surface area (Å²) >= 11 is 0. The lowest BCUT2D eigenvalue weighted by Crippen LogP contribution is -2.36. The maximum atomic E-state index is 9.60. The van der Waals surface area contributed by atoms with E-state index in [9.17, 15) is 9.59 Å². The van der Waals surface area contributed by atoms with E-state index in [-0.39, 0.29) is 29.8 Å². The van der Waals surface area contributed by atoms with Crippen molar-refractivity contribution in [3.63, 3.8) is 0 Å². The van der Waals surface area contributed by atoms with Crippen molar-refractivity contribution in [1.82, 2.24) is 0 Å². The topological polar surface area (TPSA) is 115 Å². The molecule has 1 aliphatic carbocycles. The van der Waals surface area contributed by atoms with Gasteiger partial charge in [0.1, 0.15) is 0 Å². The maximum absolute atomic E-state index is 9.60. The highest BCUT2D eigenvalue weighted by Crippen LogP contribution is 2.39. The number of rotatable bonds is 4. The summed E-state index contributed by atoms with van der Waals surface area (Å²) in [5.41, 5.74) is 0.269. The van der Waals surface area contributed by atoms with E-state index in [1.165, 1.54) is 20.3 Å². The molecule has 20 heavy (non-hydrogen) atoms. The Morgan fingerprint density at radius 3 is 1.20 bits per heavy atom. The van der Waals surface area contributed by atoms with Crippen LogP contribution in [0.5, 0.6) is 0 Å². The van der Waals surface area contributed by atoms with Gasteiger partial charge in [0.25, 0.3) is 0 Å². The van der Waals surface area contributed by atoms with Crippen molar-refractivity contribution in [2.24, 2.45) is 5.41 Å². The second-order valence-corrected chi connectivity index (χ2v) is 4.84. The molecule has 116 valence electrons. The van der Waals surface area contributed by atoms with E-state index in [1.54, 1.807) is 0 Å². The van der Waals surface area contributed by atoms with Gasteiger partial charge in [-0.05, 0) is 26.7 Å². The van der Waals surface area contributed by atoms with Crippen LogP contribution in [0.3, 0.4) is 0 Å². The van der Waals surface area contributed by atoms with Crippen molar-refractivity contribution >= 4 is 11.9 Å². The summed E-state index contributed by atoms with van der Waals surface area (Å²) in [7, 11) is 0. The third kappa shape index (κ3) is 9.29. The van der Waals surface area contributed by atoms with E-state index < -0.39 is 11.9 Å². The number of aliphatic hydroxyl groups is 2. The van der Waals surface area contributed by atoms with Crippen molar-refractivity contribution in [2.45, 2.75) is 33.1 Å². The van der Waals surface area contributed by atoms with Crippen LogP contribution in [0.25, 0.3) is 0 Å². The molecule has 0 aromatic rings. The largest absolute Gasteiger partial charge is 0.478 e. The zero-order valence-corrected chi connectivity index (χ0v) is 12.1. The minimum atomic E-state index is -0.935. The molecule has 0 aliphatic heterocycles. The number of carbonyl (C=O) groups is 2. The van der Waals surface area contributed by atoms with Gasteiger partial charge in [-0.2, -0.15) is 0 Å². The molecule has 1 aliphatic rings. The van der Waals surface area contributed by atoms with Crippen molar-refractivity contribution in [2.75, 3.05) is 13.2 Å². The monoisotopic (exact) mass is 288 g/mol. The predicted molar refractivity (Wildman–Crippen MR) is 75.4 cm³/mol. The molecular weight excluding hydrogens is 264 g/mol. The number of hydrogen-bond acceptors (Lipinski definition) is 4. The molecule has 4 N–H and O–H groups in total. The molecule has 0 spiro atoms. The van der Waals surface area contributed by atoms with Crippen LogP contribution in [0, 0.1) is 5.41 Å². The molecule has 1 rings (SSSR count). The second kappa shape index (κ2) is 10.2. The summed E-state index contributed by atoms with van der Waals surface area (Å²) < 4.78 is 0. The van der Waals surface area contributed by atoms with Gasteiger partial charge in [0.05, 0.1) is 13.2 Å². The summed E-state index contributed by atoms with van der Waals surface area (Å²) in [4.78, 5) is 19.2. The quantitative estimate of drug-likeness (QED) is 0.582.